The molecule has 0 atom stereocenters. The van der Waals surface area contributed by atoms with E-state index in [0.717, 1.165) is 12.8 Å². The molecule has 0 radical (unpaired) electrons. The van der Waals surface area contributed by atoms with Crippen molar-refractivity contribution in [1.29, 1.82) is 0 Å². The van der Waals surface area contributed by atoms with Crippen LogP contribution in [0.2, 0.25) is 5.02 Å². The Morgan fingerprint density at radius 2 is 1.75 bits per heavy atom. The zero-order valence-electron chi connectivity index (χ0n) is 12.1. The van der Waals surface area contributed by atoms with Gasteiger partial charge < -0.3 is 9.47 Å². The third-order valence-corrected chi connectivity index (χ3v) is 4.29. The van der Waals surface area contributed by atoms with Gasteiger partial charge >= 0.3 is 0 Å². The Balaban J connectivity index is 2.16. The van der Waals surface area contributed by atoms with Gasteiger partial charge in [-0.25, -0.2) is 0 Å². The molecule has 1 aromatic rings. The minimum atomic E-state index is 0.0999. The van der Waals surface area contributed by atoms with Gasteiger partial charge in [0.05, 0.1) is 19.2 Å². The second-order valence-corrected chi connectivity index (χ2v) is 5.73. The van der Waals surface area contributed by atoms with Gasteiger partial charge in [-0.15, -0.1) is 0 Å². The average molecular weight is 297 g/mol. The quantitative estimate of drug-likeness (QED) is 0.750. The van der Waals surface area contributed by atoms with Gasteiger partial charge in [0.25, 0.3) is 0 Å². The molecule has 3 nitrogen and oxygen atoms in total. The smallest absolute Gasteiger partial charge is 0.164 e. The minimum absolute atomic E-state index is 0.0999. The average Bonchev–Trinajstić information content (AvgIpc) is 2.47. The van der Waals surface area contributed by atoms with Crippen LogP contribution in [0.25, 0.3) is 0 Å². The van der Waals surface area contributed by atoms with E-state index in [1.807, 2.05) is 0 Å². The monoisotopic (exact) mass is 296 g/mol. The van der Waals surface area contributed by atoms with Crippen LogP contribution in [0, 0.1) is 5.92 Å². The molecule has 0 unspecified atom stereocenters. The number of methoxy groups -OCH3 is 2. The minimum Gasteiger partial charge on any atom is -0.493 e. The largest absolute Gasteiger partial charge is 0.493 e. The Labute approximate surface area is 125 Å². The van der Waals surface area contributed by atoms with E-state index in [-0.39, 0.29) is 5.78 Å². The lowest BCUT2D eigenvalue weighted by Gasteiger charge is -2.21. The van der Waals surface area contributed by atoms with Gasteiger partial charge in [0, 0.05) is 18.1 Å². The number of hydrogen-bond donors (Lipinski definition) is 0. The first-order chi connectivity index (χ1) is 9.65. The summed E-state index contributed by atoms with van der Waals surface area (Å²) >= 11 is 6.19. The lowest BCUT2D eigenvalue weighted by molar-refractivity contribution is 0.0950. The Hall–Kier alpha value is -1.22. The first-order valence-electron chi connectivity index (χ1n) is 7.10. The summed E-state index contributed by atoms with van der Waals surface area (Å²) in [5.41, 5.74) is 0.537. The zero-order valence-corrected chi connectivity index (χ0v) is 12.8. The molecular weight excluding hydrogens is 276 g/mol. The van der Waals surface area contributed by atoms with Crippen molar-refractivity contribution >= 4 is 17.4 Å². The molecule has 0 N–H and O–H groups in total. The first-order valence-corrected chi connectivity index (χ1v) is 7.48. The second kappa shape index (κ2) is 6.98. The molecule has 1 aromatic carbocycles. The highest BCUT2D eigenvalue weighted by molar-refractivity contribution is 6.34. The molecule has 110 valence electrons. The molecule has 0 aromatic heterocycles. The van der Waals surface area contributed by atoms with E-state index in [4.69, 9.17) is 21.1 Å². The van der Waals surface area contributed by atoms with Gasteiger partial charge in [-0.2, -0.15) is 0 Å². The molecule has 1 aliphatic rings. The van der Waals surface area contributed by atoms with Gasteiger partial charge in [0.15, 0.2) is 17.3 Å². The fourth-order valence-corrected chi connectivity index (χ4v) is 3.09. The molecule has 0 amide bonds. The summed E-state index contributed by atoms with van der Waals surface area (Å²) in [6.07, 6.45) is 6.64. The summed E-state index contributed by atoms with van der Waals surface area (Å²) in [6.45, 7) is 0. The second-order valence-electron chi connectivity index (χ2n) is 5.32. The number of Topliss-reactive ketones (excluding diaryl/α,β-unsaturated/α-hetero) is 1. The van der Waals surface area contributed by atoms with Crippen LogP contribution >= 0.6 is 11.6 Å². The van der Waals surface area contributed by atoms with Crippen LogP contribution in [-0.2, 0) is 0 Å². The number of halogens is 1. The van der Waals surface area contributed by atoms with Gasteiger partial charge in [0.2, 0.25) is 0 Å². The Morgan fingerprint density at radius 1 is 1.15 bits per heavy atom. The van der Waals surface area contributed by atoms with Crippen LogP contribution in [-0.4, -0.2) is 20.0 Å². The van der Waals surface area contributed by atoms with Crippen molar-refractivity contribution in [3.63, 3.8) is 0 Å². The van der Waals surface area contributed by atoms with Crippen molar-refractivity contribution in [3.05, 3.63) is 22.7 Å². The topological polar surface area (TPSA) is 35.5 Å². The predicted octanol–water partition coefficient (Wildman–Crippen LogP) is 4.51. The summed E-state index contributed by atoms with van der Waals surface area (Å²) in [6, 6.07) is 3.33. The first kappa shape index (κ1) is 15.2. The van der Waals surface area contributed by atoms with Crippen molar-refractivity contribution in [1.82, 2.24) is 0 Å². The highest BCUT2D eigenvalue weighted by Gasteiger charge is 2.21. The van der Waals surface area contributed by atoms with E-state index in [9.17, 15) is 4.79 Å². The molecule has 1 saturated carbocycles. The van der Waals surface area contributed by atoms with Crippen molar-refractivity contribution in [2.75, 3.05) is 14.2 Å². The van der Waals surface area contributed by atoms with Crippen molar-refractivity contribution in [2.24, 2.45) is 5.92 Å². The van der Waals surface area contributed by atoms with E-state index in [1.165, 1.54) is 19.3 Å². The Morgan fingerprint density at radius 3 is 2.35 bits per heavy atom. The van der Waals surface area contributed by atoms with Crippen LogP contribution in [0.5, 0.6) is 11.5 Å². The number of ketones is 1. The maximum Gasteiger partial charge on any atom is 0.164 e. The Bertz CT molecular complexity index is 479. The molecule has 20 heavy (non-hydrogen) atoms. The van der Waals surface area contributed by atoms with Crippen LogP contribution in [0.1, 0.15) is 48.9 Å². The van der Waals surface area contributed by atoms with Crippen LogP contribution < -0.4 is 9.47 Å². The van der Waals surface area contributed by atoms with Gasteiger partial charge in [0.1, 0.15) is 0 Å². The summed E-state index contributed by atoms with van der Waals surface area (Å²) in [5.74, 6) is 1.69. The summed E-state index contributed by atoms with van der Waals surface area (Å²) in [4.78, 5) is 12.4. The third kappa shape index (κ3) is 3.45. The summed E-state index contributed by atoms with van der Waals surface area (Å²) < 4.78 is 10.4. The molecule has 1 aliphatic carbocycles. The Kier molecular flexibility index (Phi) is 5.30. The van der Waals surface area contributed by atoms with E-state index >= 15 is 0 Å². The number of carbonyl (C=O) groups is 1. The highest BCUT2D eigenvalue weighted by Crippen LogP contribution is 2.35. The fraction of sp³-hybridized carbons (Fsp3) is 0.562. The molecule has 0 heterocycles. The van der Waals surface area contributed by atoms with E-state index < -0.39 is 0 Å². The molecule has 4 heteroatoms. The van der Waals surface area contributed by atoms with Crippen molar-refractivity contribution in [3.8, 4) is 11.5 Å². The van der Waals surface area contributed by atoms with E-state index in [1.54, 1.807) is 26.4 Å². The van der Waals surface area contributed by atoms with Crippen LogP contribution in [0.3, 0.4) is 0 Å². The van der Waals surface area contributed by atoms with Gasteiger partial charge in [-0.3, -0.25) is 4.79 Å². The SMILES string of the molecule is COc1cc(Cl)c(C(=O)CC2CCCCC2)cc1OC. The van der Waals surface area contributed by atoms with Crippen LogP contribution in [0.4, 0.5) is 0 Å². The molecule has 1 fully saturated rings. The molecule has 0 saturated heterocycles. The summed E-state index contributed by atoms with van der Waals surface area (Å²) in [5, 5.41) is 0.434. The number of rotatable bonds is 5. The third-order valence-electron chi connectivity index (χ3n) is 3.97. The fourth-order valence-electron chi connectivity index (χ4n) is 2.83. The predicted molar refractivity (Wildman–Crippen MR) is 80.1 cm³/mol. The molecule has 2 rings (SSSR count). The van der Waals surface area contributed by atoms with Crippen LogP contribution in [0.15, 0.2) is 12.1 Å². The van der Waals surface area contributed by atoms with Crippen molar-refractivity contribution in [2.45, 2.75) is 38.5 Å². The van der Waals surface area contributed by atoms with E-state index in [2.05, 4.69) is 0 Å². The normalized spacial score (nSPS) is 15.9. The molecule has 0 bridgehead atoms. The molecule has 0 spiro atoms. The standard InChI is InChI=1S/C16H21ClO3/c1-19-15-9-12(13(17)10-16(15)20-2)14(18)8-11-6-4-3-5-7-11/h9-11H,3-8H2,1-2H3. The number of ether oxygens (including phenoxy) is 2. The summed E-state index contributed by atoms with van der Waals surface area (Å²) in [7, 11) is 3.11. The van der Waals surface area contributed by atoms with Gasteiger partial charge in [-0.05, 0) is 12.0 Å². The lowest BCUT2D eigenvalue weighted by Crippen LogP contribution is -2.12. The molecular formula is C16H21ClO3. The maximum atomic E-state index is 12.4. The maximum absolute atomic E-state index is 12.4. The molecule has 0 aliphatic heterocycles. The van der Waals surface area contributed by atoms with E-state index in [0.29, 0.717) is 34.4 Å². The number of hydrogen-bond acceptors (Lipinski definition) is 3. The zero-order chi connectivity index (χ0) is 14.5. The van der Waals surface area contributed by atoms with Gasteiger partial charge in [-0.1, -0.05) is 43.7 Å². The highest BCUT2D eigenvalue weighted by atomic mass is 35.5. The number of benzene rings is 1. The lowest BCUT2D eigenvalue weighted by atomic mass is 9.85. The number of carbonyl (C=O) groups excluding carboxylic acids is 1. The van der Waals surface area contributed by atoms with Crippen molar-refractivity contribution < 1.29 is 14.3 Å².